The Kier molecular flexibility index (Phi) is 5.60. The first-order chi connectivity index (χ1) is 12.5. The molecule has 0 spiro atoms. The van der Waals surface area contributed by atoms with Crippen LogP contribution in [-0.2, 0) is 9.59 Å². The van der Waals surface area contributed by atoms with Crippen LogP contribution in [-0.4, -0.2) is 23.6 Å². The highest BCUT2D eigenvalue weighted by Gasteiger charge is 2.23. The predicted octanol–water partition coefficient (Wildman–Crippen LogP) is 3.10. The van der Waals surface area contributed by atoms with Crippen LogP contribution >= 0.6 is 23.4 Å². The molecule has 1 fully saturated rings. The molecule has 6 nitrogen and oxygen atoms in total. The van der Waals surface area contributed by atoms with E-state index in [1.54, 1.807) is 54.6 Å². The van der Waals surface area contributed by atoms with Gasteiger partial charge in [0.2, 0.25) is 0 Å². The molecule has 2 aromatic rings. The summed E-state index contributed by atoms with van der Waals surface area (Å²) in [5, 5.41) is 3.79. The maximum absolute atomic E-state index is 12.1. The van der Waals surface area contributed by atoms with Gasteiger partial charge in [-0.05, 0) is 53.7 Å². The van der Waals surface area contributed by atoms with Crippen LogP contribution in [0.2, 0.25) is 5.02 Å². The Morgan fingerprint density at radius 3 is 2.73 bits per heavy atom. The van der Waals surface area contributed by atoms with E-state index in [1.165, 1.54) is 11.8 Å². The van der Waals surface area contributed by atoms with E-state index in [-0.39, 0.29) is 12.5 Å². The number of nitrogens with one attached hydrogen (secondary N) is 1. The molecule has 1 saturated heterocycles. The second-order valence-corrected chi connectivity index (χ2v) is 6.75. The second kappa shape index (κ2) is 8.07. The molecule has 26 heavy (non-hydrogen) atoms. The number of rotatable bonds is 5. The fourth-order valence-electron chi connectivity index (χ4n) is 2.11. The van der Waals surface area contributed by atoms with Gasteiger partial charge in [0.1, 0.15) is 5.75 Å². The summed E-state index contributed by atoms with van der Waals surface area (Å²) in [6.07, 6.45) is 1.75. The zero-order chi connectivity index (χ0) is 18.5. The van der Waals surface area contributed by atoms with E-state index >= 15 is 0 Å². The lowest BCUT2D eigenvalue weighted by molar-refractivity contribution is -0.120. The maximum Gasteiger partial charge on any atom is 0.264 e. The Labute approximate surface area is 159 Å². The number of hydrogen-bond donors (Lipinski definition) is 2. The van der Waals surface area contributed by atoms with E-state index in [0.717, 1.165) is 5.56 Å². The van der Waals surface area contributed by atoms with Crippen molar-refractivity contribution in [3.63, 3.8) is 0 Å². The van der Waals surface area contributed by atoms with Crippen molar-refractivity contribution in [2.45, 2.75) is 0 Å². The highest BCUT2D eigenvalue weighted by Crippen LogP contribution is 2.29. The van der Waals surface area contributed by atoms with Crippen LogP contribution in [0.15, 0.2) is 58.4 Å². The first kappa shape index (κ1) is 18.0. The molecule has 0 atom stereocenters. The summed E-state index contributed by atoms with van der Waals surface area (Å²) in [5.41, 5.74) is 6.51. The lowest BCUT2D eigenvalue weighted by Gasteiger charge is -2.03. The van der Waals surface area contributed by atoms with Gasteiger partial charge in [0.15, 0.2) is 11.8 Å². The number of carbonyl (C=O) groups excluding carboxylic acids is 2. The number of carbonyl (C=O) groups is 2. The average molecular weight is 388 g/mol. The summed E-state index contributed by atoms with van der Waals surface area (Å²) >= 11 is 7.18. The van der Waals surface area contributed by atoms with Crippen molar-refractivity contribution in [3.8, 4) is 5.75 Å². The van der Waals surface area contributed by atoms with Crippen molar-refractivity contribution >= 4 is 52.1 Å². The summed E-state index contributed by atoms with van der Waals surface area (Å²) < 4.78 is 5.20. The number of hydrogen-bond acceptors (Lipinski definition) is 5. The SMILES string of the molecule is NC(=O)COc1ccc(/C=C2\SC(=Nc3cccc(Cl)c3)NC2=O)cc1. The molecule has 0 radical (unpaired) electrons. The quantitative estimate of drug-likeness (QED) is 0.771. The van der Waals surface area contributed by atoms with Crippen molar-refractivity contribution in [2.24, 2.45) is 10.7 Å². The van der Waals surface area contributed by atoms with Crippen LogP contribution in [0, 0.1) is 0 Å². The monoisotopic (exact) mass is 387 g/mol. The Hall–Kier alpha value is -2.77. The topological polar surface area (TPSA) is 93.8 Å². The minimum Gasteiger partial charge on any atom is -0.484 e. The van der Waals surface area contributed by atoms with Crippen molar-refractivity contribution < 1.29 is 14.3 Å². The minimum absolute atomic E-state index is 0.179. The van der Waals surface area contributed by atoms with Gasteiger partial charge >= 0.3 is 0 Å². The van der Waals surface area contributed by atoms with E-state index in [0.29, 0.717) is 26.5 Å². The first-order valence-corrected chi connectivity index (χ1v) is 8.75. The maximum atomic E-state index is 12.1. The third-order valence-electron chi connectivity index (χ3n) is 3.25. The summed E-state index contributed by atoms with van der Waals surface area (Å²) in [4.78, 5) is 27.7. The van der Waals surface area contributed by atoms with E-state index in [9.17, 15) is 9.59 Å². The first-order valence-electron chi connectivity index (χ1n) is 7.56. The van der Waals surface area contributed by atoms with Crippen LogP contribution in [0.5, 0.6) is 5.75 Å². The molecular weight excluding hydrogens is 374 g/mol. The Morgan fingerprint density at radius 1 is 1.27 bits per heavy atom. The van der Waals surface area contributed by atoms with Gasteiger partial charge < -0.3 is 15.8 Å². The predicted molar refractivity (Wildman–Crippen MR) is 103 cm³/mol. The highest BCUT2D eigenvalue weighted by molar-refractivity contribution is 8.18. The number of ether oxygens (including phenoxy) is 1. The number of amidine groups is 1. The largest absolute Gasteiger partial charge is 0.484 e. The molecule has 1 aliphatic rings. The fourth-order valence-corrected chi connectivity index (χ4v) is 3.14. The van der Waals surface area contributed by atoms with E-state index in [2.05, 4.69) is 10.3 Å². The lowest BCUT2D eigenvalue weighted by Crippen LogP contribution is -2.19. The zero-order valence-corrected chi connectivity index (χ0v) is 15.0. The highest BCUT2D eigenvalue weighted by atomic mass is 35.5. The van der Waals surface area contributed by atoms with Gasteiger partial charge in [-0.15, -0.1) is 0 Å². The number of benzene rings is 2. The molecule has 3 rings (SSSR count). The zero-order valence-electron chi connectivity index (χ0n) is 13.4. The Bertz CT molecular complexity index is 910. The van der Waals surface area contributed by atoms with Gasteiger partial charge in [-0.1, -0.05) is 29.8 Å². The van der Waals surface area contributed by atoms with Gasteiger partial charge in [-0.3, -0.25) is 9.59 Å². The summed E-state index contributed by atoms with van der Waals surface area (Å²) in [7, 11) is 0. The van der Waals surface area contributed by atoms with Gasteiger partial charge in [0, 0.05) is 5.02 Å². The smallest absolute Gasteiger partial charge is 0.264 e. The van der Waals surface area contributed by atoms with Crippen LogP contribution in [0.25, 0.3) is 6.08 Å². The van der Waals surface area contributed by atoms with Crippen LogP contribution in [0.1, 0.15) is 5.56 Å². The Balaban J connectivity index is 1.71. The number of aliphatic imine (C=N–C) groups is 1. The standard InChI is InChI=1S/C18H14ClN3O3S/c19-12-2-1-3-13(9-12)21-18-22-17(24)15(26-18)8-11-4-6-14(7-5-11)25-10-16(20)23/h1-9H,10H2,(H2,20,23)(H,21,22,24)/b15-8-. The second-order valence-electron chi connectivity index (χ2n) is 5.29. The van der Waals surface area contributed by atoms with Gasteiger partial charge in [0.25, 0.3) is 11.8 Å². The minimum atomic E-state index is -0.540. The van der Waals surface area contributed by atoms with E-state index < -0.39 is 5.91 Å². The van der Waals surface area contributed by atoms with Crippen molar-refractivity contribution in [3.05, 3.63) is 64.0 Å². The summed E-state index contributed by atoms with van der Waals surface area (Å²) in [6.45, 7) is -0.179. The molecule has 132 valence electrons. The molecule has 0 saturated carbocycles. The van der Waals surface area contributed by atoms with Crippen LogP contribution in [0.4, 0.5) is 5.69 Å². The van der Waals surface area contributed by atoms with Crippen molar-refractivity contribution in [1.29, 1.82) is 0 Å². The van der Waals surface area contributed by atoms with Gasteiger partial charge in [-0.2, -0.15) is 0 Å². The molecule has 3 N–H and O–H groups in total. The molecule has 0 aliphatic carbocycles. The number of halogens is 1. The van der Waals surface area contributed by atoms with Crippen molar-refractivity contribution in [1.82, 2.24) is 5.32 Å². The molecule has 0 unspecified atom stereocenters. The summed E-state index contributed by atoms with van der Waals surface area (Å²) in [5.74, 6) is -0.232. The van der Waals surface area contributed by atoms with Gasteiger partial charge in [-0.25, -0.2) is 4.99 Å². The van der Waals surface area contributed by atoms with Crippen LogP contribution < -0.4 is 15.8 Å². The molecular formula is C18H14ClN3O3S. The fraction of sp³-hybridized carbons (Fsp3) is 0.0556. The molecule has 1 heterocycles. The summed E-state index contributed by atoms with van der Waals surface area (Å²) in [6, 6.07) is 14.0. The Morgan fingerprint density at radius 2 is 2.04 bits per heavy atom. The van der Waals surface area contributed by atoms with Crippen molar-refractivity contribution in [2.75, 3.05) is 6.61 Å². The number of nitrogens with zero attached hydrogens (tertiary/aromatic N) is 1. The lowest BCUT2D eigenvalue weighted by atomic mass is 10.2. The average Bonchev–Trinajstić information content (AvgIpc) is 2.93. The molecule has 8 heteroatoms. The molecule has 0 bridgehead atoms. The molecule has 0 aromatic heterocycles. The molecule has 2 amide bonds. The van der Waals surface area contributed by atoms with Gasteiger partial charge in [0.05, 0.1) is 10.6 Å². The third kappa shape index (κ3) is 4.87. The van der Waals surface area contributed by atoms with E-state index in [1.807, 2.05) is 0 Å². The number of primary amides is 1. The third-order valence-corrected chi connectivity index (χ3v) is 4.39. The van der Waals surface area contributed by atoms with Crippen LogP contribution in [0.3, 0.4) is 0 Å². The molecule has 2 aromatic carbocycles. The normalized spacial score (nSPS) is 16.7. The molecule has 1 aliphatic heterocycles. The number of thioether (sulfide) groups is 1. The number of amides is 2. The number of nitrogens with two attached hydrogens (primary N) is 1. The van der Waals surface area contributed by atoms with E-state index in [4.69, 9.17) is 22.1 Å².